The van der Waals surface area contributed by atoms with Crippen LogP contribution in [-0.2, 0) is 4.74 Å². The number of nitrogens with zero attached hydrogens (tertiary/aromatic N) is 4. The van der Waals surface area contributed by atoms with Gasteiger partial charge in [0.25, 0.3) is 0 Å². The van der Waals surface area contributed by atoms with Gasteiger partial charge in [-0.1, -0.05) is 0 Å². The van der Waals surface area contributed by atoms with Crippen LogP contribution < -0.4 is 10.6 Å². The first-order chi connectivity index (χ1) is 8.79. The molecule has 2 aromatic rings. The molecule has 2 N–H and O–H groups in total. The van der Waals surface area contributed by atoms with Gasteiger partial charge in [-0.3, -0.25) is 0 Å². The molecule has 18 heavy (non-hydrogen) atoms. The zero-order valence-electron chi connectivity index (χ0n) is 9.83. The molecule has 0 unspecified atom stereocenters. The summed E-state index contributed by atoms with van der Waals surface area (Å²) >= 11 is 0. The fourth-order valence-electron chi connectivity index (χ4n) is 2.02. The quantitative estimate of drug-likeness (QED) is 0.721. The number of anilines is 2. The van der Waals surface area contributed by atoms with Gasteiger partial charge >= 0.3 is 0 Å². The van der Waals surface area contributed by atoms with Gasteiger partial charge in [-0.25, -0.2) is 9.50 Å². The summed E-state index contributed by atoms with van der Waals surface area (Å²) in [5.41, 5.74) is 7.76. The second kappa shape index (κ2) is 4.20. The predicted octanol–water partition coefficient (Wildman–Crippen LogP) is 0.129. The van der Waals surface area contributed by atoms with E-state index in [0.29, 0.717) is 30.2 Å². The van der Waals surface area contributed by atoms with Crippen molar-refractivity contribution in [1.82, 2.24) is 14.6 Å². The van der Waals surface area contributed by atoms with E-state index in [9.17, 15) is 0 Å². The summed E-state index contributed by atoms with van der Waals surface area (Å²) in [7, 11) is 0. The third kappa shape index (κ3) is 1.65. The van der Waals surface area contributed by atoms with Gasteiger partial charge in [0.2, 0.25) is 0 Å². The van der Waals surface area contributed by atoms with Crippen LogP contribution in [0.1, 0.15) is 5.69 Å². The third-order valence-electron chi connectivity index (χ3n) is 2.97. The minimum absolute atomic E-state index is 0.577. The van der Waals surface area contributed by atoms with Crippen LogP contribution in [0.25, 0.3) is 5.65 Å². The number of terminal acetylenes is 1. The van der Waals surface area contributed by atoms with Gasteiger partial charge in [-0.05, 0) is 5.92 Å². The van der Waals surface area contributed by atoms with Crippen LogP contribution in [0.3, 0.4) is 0 Å². The smallest absolute Gasteiger partial charge is 0.178 e. The van der Waals surface area contributed by atoms with Gasteiger partial charge in [-0.15, -0.1) is 11.5 Å². The van der Waals surface area contributed by atoms with Crippen LogP contribution in [0.15, 0.2) is 12.3 Å². The Bertz CT molecular complexity index is 621. The molecule has 0 bridgehead atoms. The maximum atomic E-state index is 5.98. The maximum absolute atomic E-state index is 5.98. The molecule has 3 rings (SSSR count). The molecule has 0 spiro atoms. The minimum Gasteiger partial charge on any atom is -0.396 e. The number of imidazole rings is 1. The van der Waals surface area contributed by atoms with Crippen molar-refractivity contribution in [2.24, 2.45) is 0 Å². The zero-order valence-corrected chi connectivity index (χ0v) is 9.83. The number of fused-ring (bicyclic) bond motifs is 1. The van der Waals surface area contributed by atoms with Gasteiger partial charge in [-0.2, -0.15) is 0 Å². The molecule has 6 heteroatoms. The maximum Gasteiger partial charge on any atom is 0.178 e. The van der Waals surface area contributed by atoms with E-state index in [1.165, 1.54) is 0 Å². The number of rotatable bonds is 1. The van der Waals surface area contributed by atoms with Crippen molar-refractivity contribution < 1.29 is 4.74 Å². The van der Waals surface area contributed by atoms with E-state index < -0.39 is 0 Å². The van der Waals surface area contributed by atoms with Crippen molar-refractivity contribution >= 4 is 17.2 Å². The average molecular weight is 243 g/mol. The Kier molecular flexibility index (Phi) is 2.54. The number of hydrogen-bond acceptors (Lipinski definition) is 5. The van der Waals surface area contributed by atoms with Gasteiger partial charge in [0.1, 0.15) is 5.69 Å². The lowest BCUT2D eigenvalue weighted by Crippen LogP contribution is -2.37. The predicted molar refractivity (Wildman–Crippen MR) is 68.4 cm³/mol. The van der Waals surface area contributed by atoms with Crippen molar-refractivity contribution in [1.29, 1.82) is 0 Å². The van der Waals surface area contributed by atoms with E-state index in [0.717, 1.165) is 18.9 Å². The molecule has 1 saturated heterocycles. The van der Waals surface area contributed by atoms with E-state index in [-0.39, 0.29) is 0 Å². The van der Waals surface area contributed by atoms with E-state index in [1.54, 1.807) is 10.7 Å². The highest BCUT2D eigenvalue weighted by Crippen LogP contribution is 2.20. The molecule has 1 fully saturated rings. The summed E-state index contributed by atoms with van der Waals surface area (Å²) in [6, 6.07) is 1.83. The number of nitrogen functional groups attached to an aromatic ring is 1. The molecule has 0 aliphatic carbocycles. The number of nitrogens with two attached hydrogens (primary N) is 1. The van der Waals surface area contributed by atoms with Crippen molar-refractivity contribution in [2.45, 2.75) is 0 Å². The zero-order chi connectivity index (χ0) is 12.5. The molecule has 3 heterocycles. The molecule has 0 amide bonds. The molecule has 2 aromatic heterocycles. The number of ether oxygens (including phenoxy) is 1. The molecule has 1 aliphatic heterocycles. The van der Waals surface area contributed by atoms with E-state index in [4.69, 9.17) is 16.9 Å². The third-order valence-corrected chi connectivity index (χ3v) is 2.97. The summed E-state index contributed by atoms with van der Waals surface area (Å²) in [6.45, 7) is 3.01. The molecule has 1 aliphatic rings. The molecule has 92 valence electrons. The fourth-order valence-corrected chi connectivity index (χ4v) is 2.02. The van der Waals surface area contributed by atoms with Gasteiger partial charge in [0.05, 0.1) is 25.1 Å². The van der Waals surface area contributed by atoms with Crippen LogP contribution in [-0.4, -0.2) is 40.9 Å². The Morgan fingerprint density at radius 1 is 1.39 bits per heavy atom. The summed E-state index contributed by atoms with van der Waals surface area (Å²) in [5, 5.41) is 4.49. The van der Waals surface area contributed by atoms with E-state index >= 15 is 0 Å². The Labute approximate surface area is 104 Å². The fraction of sp³-hybridized carbons (Fsp3) is 0.333. The van der Waals surface area contributed by atoms with E-state index in [2.05, 4.69) is 20.9 Å². The molecule has 0 atom stereocenters. The van der Waals surface area contributed by atoms with Crippen LogP contribution in [0, 0.1) is 12.3 Å². The Morgan fingerprint density at radius 2 is 2.17 bits per heavy atom. The average Bonchev–Trinajstić information content (AvgIpc) is 2.83. The summed E-state index contributed by atoms with van der Waals surface area (Å²) < 4.78 is 6.93. The number of aromatic nitrogens is 3. The molecular weight excluding hydrogens is 230 g/mol. The SMILES string of the molecule is C#Cc1cnc2c(N)cc(N3CCOCC3)nn12. The minimum atomic E-state index is 0.577. The second-order valence-electron chi connectivity index (χ2n) is 4.08. The van der Waals surface area contributed by atoms with Crippen molar-refractivity contribution in [2.75, 3.05) is 36.9 Å². The van der Waals surface area contributed by atoms with Gasteiger partial charge in [0, 0.05) is 19.2 Å². The van der Waals surface area contributed by atoms with Crippen molar-refractivity contribution in [3.8, 4) is 12.3 Å². The highest BCUT2D eigenvalue weighted by molar-refractivity contribution is 5.69. The summed E-state index contributed by atoms with van der Waals surface area (Å²) in [5.74, 6) is 3.35. The Hall–Kier alpha value is -2.26. The Balaban J connectivity index is 2.10. The topological polar surface area (TPSA) is 68.7 Å². The monoisotopic (exact) mass is 243 g/mol. The second-order valence-corrected chi connectivity index (χ2v) is 4.08. The highest BCUT2D eigenvalue weighted by Gasteiger charge is 2.15. The highest BCUT2D eigenvalue weighted by atomic mass is 16.5. The first-order valence-corrected chi connectivity index (χ1v) is 5.73. The van der Waals surface area contributed by atoms with Crippen LogP contribution >= 0.6 is 0 Å². The van der Waals surface area contributed by atoms with Crippen LogP contribution in [0.2, 0.25) is 0 Å². The van der Waals surface area contributed by atoms with Crippen molar-refractivity contribution in [3.63, 3.8) is 0 Å². The standard InChI is InChI=1S/C12H13N5O/c1-2-9-8-14-12-10(13)7-11(15-17(9)12)16-3-5-18-6-4-16/h1,7-8H,3-6,13H2. The lowest BCUT2D eigenvalue weighted by molar-refractivity contribution is 0.122. The molecule has 6 nitrogen and oxygen atoms in total. The first-order valence-electron chi connectivity index (χ1n) is 5.73. The van der Waals surface area contributed by atoms with Crippen LogP contribution in [0.5, 0.6) is 0 Å². The van der Waals surface area contributed by atoms with Gasteiger partial charge < -0.3 is 15.4 Å². The number of morpholine rings is 1. The van der Waals surface area contributed by atoms with Crippen LogP contribution in [0.4, 0.5) is 11.5 Å². The molecule has 0 aromatic carbocycles. The van der Waals surface area contributed by atoms with Crippen molar-refractivity contribution in [3.05, 3.63) is 18.0 Å². The van der Waals surface area contributed by atoms with E-state index in [1.807, 2.05) is 6.07 Å². The number of hydrogen-bond donors (Lipinski definition) is 1. The normalized spacial score (nSPS) is 15.8. The molecule has 0 saturated carbocycles. The van der Waals surface area contributed by atoms with Gasteiger partial charge in [0.15, 0.2) is 11.5 Å². The molecular formula is C12H13N5O. The first kappa shape index (κ1) is 10.9. The lowest BCUT2D eigenvalue weighted by Gasteiger charge is -2.27. The molecule has 0 radical (unpaired) electrons. The lowest BCUT2D eigenvalue weighted by atomic mass is 10.3. The summed E-state index contributed by atoms with van der Waals surface area (Å²) in [6.07, 6.45) is 7.01. The Morgan fingerprint density at radius 3 is 2.89 bits per heavy atom. The largest absolute Gasteiger partial charge is 0.396 e. The summed E-state index contributed by atoms with van der Waals surface area (Å²) in [4.78, 5) is 6.29.